The van der Waals surface area contributed by atoms with Gasteiger partial charge in [-0.1, -0.05) is 87.0 Å². The normalized spacial score (nSPS) is 11.0. The van der Waals surface area contributed by atoms with Gasteiger partial charge in [-0.2, -0.15) is 5.10 Å². The number of hydrogen-bond acceptors (Lipinski definition) is 28. The number of para-hydroxylation sites is 2. The summed E-state index contributed by atoms with van der Waals surface area (Å²) in [5.74, 6) is 3.35. The van der Waals surface area contributed by atoms with E-state index in [4.69, 9.17) is 28.9 Å². The molecule has 0 unspecified atom stereocenters. The molecule has 0 aliphatic rings. The zero-order valence-corrected chi connectivity index (χ0v) is 87.8. The van der Waals surface area contributed by atoms with Crippen LogP contribution in [0.1, 0.15) is 0 Å². The first kappa shape index (κ1) is 108. The Kier molecular flexibility index (Phi) is 36.5. The first-order valence-electron chi connectivity index (χ1n) is 47.8. The molecule has 0 saturated heterocycles. The molecule has 0 aliphatic heterocycles. The van der Waals surface area contributed by atoms with Crippen molar-refractivity contribution in [3.63, 3.8) is 0 Å². The molecule has 0 spiro atoms. The van der Waals surface area contributed by atoms with Crippen molar-refractivity contribution >= 4 is 159 Å². The largest absolute Gasteiger partial charge is 0.494 e. The Labute approximate surface area is 864 Å². The van der Waals surface area contributed by atoms with Crippen LogP contribution in [0.5, 0.6) is 23.0 Å². The van der Waals surface area contributed by atoms with Gasteiger partial charge in [0.05, 0.1) is 125 Å². The lowest BCUT2D eigenvalue weighted by molar-refractivity contribution is -0.112. The molecule has 8 heterocycles. The average molecular weight is 2000 g/mol. The van der Waals surface area contributed by atoms with E-state index in [1.54, 1.807) is 47.0 Å². The van der Waals surface area contributed by atoms with E-state index in [0.29, 0.717) is 92.0 Å². The molecule has 0 saturated carbocycles. The van der Waals surface area contributed by atoms with Crippen molar-refractivity contribution < 1.29 is 38.1 Å². The summed E-state index contributed by atoms with van der Waals surface area (Å²) in [6.07, 6.45) is 19.8. The maximum atomic E-state index is 12.2. The summed E-state index contributed by atoms with van der Waals surface area (Å²) in [4.78, 5) is 97.5. The smallest absolute Gasteiger partial charge is 0.247 e. The minimum Gasteiger partial charge on any atom is -0.494 e. The molecule has 4 amide bonds. The lowest BCUT2D eigenvalue weighted by Gasteiger charge is -2.26. The number of aromatic nitrogens is 12. The van der Waals surface area contributed by atoms with Gasteiger partial charge in [-0.05, 0) is 165 Å². The maximum Gasteiger partial charge on any atom is 0.247 e. The summed E-state index contributed by atoms with van der Waals surface area (Å²) in [6.45, 7) is 20.8. The second-order valence-corrected chi connectivity index (χ2v) is 36.2. The minimum absolute atomic E-state index is 0.283. The van der Waals surface area contributed by atoms with Crippen LogP contribution in [-0.2, 0) is 47.4 Å². The van der Waals surface area contributed by atoms with Gasteiger partial charge in [0.2, 0.25) is 35.5 Å². The van der Waals surface area contributed by atoms with Gasteiger partial charge >= 0.3 is 0 Å². The lowest BCUT2D eigenvalue weighted by atomic mass is 10.1. The molecular formula is C112H132N28O8. The summed E-state index contributed by atoms with van der Waals surface area (Å²) < 4.78 is 31.0. The van der Waals surface area contributed by atoms with Crippen LogP contribution >= 0.6 is 0 Å². The van der Waals surface area contributed by atoms with Crippen LogP contribution in [0.15, 0.2) is 270 Å². The van der Waals surface area contributed by atoms with E-state index in [1.807, 2.05) is 257 Å². The predicted octanol–water partition coefficient (Wildman–Crippen LogP) is 18.0. The topological polar surface area (TPSA) is 350 Å². The van der Waals surface area contributed by atoms with E-state index in [-0.39, 0.29) is 23.6 Å². The van der Waals surface area contributed by atoms with E-state index >= 15 is 0 Å². The first-order valence-corrected chi connectivity index (χ1v) is 47.8. The Bertz CT molecular complexity index is 7000. The standard InChI is InChI=1S/C29H34N6O2.2C28H33N7O2.C27H32N8O2/c1-7-29(36)32-23-17-24(27(37-6)18-26(23)34(4)15-14-33(2)3)31-28-16-20(12-13-30-28)22-19-35(5)25-11-9-8-10-21(22)25;1-7-27(36)30-22-17-23(26(37-6)18-25(22)35(5)16-15-33(2)3)32-28-29-13-11-21(31-28)19-9-8-10-24-20(19)12-14-34(24)4;1-7-28(36)32-22-14-23(26(37-6)16-25(22)34(4)13-12-33(2)3)31-27-15-21(29-18-30-27)20-17-35(5)24-11-9-8-10-19(20)24;1-7-26(36)30-21-15-22(25(37-6)16-24(21)34(4)14-13-33(2)3)32-27-28-12-11-20(31-27)18-9-8-10-23-19(18)17-29-35(23)5/h7-13,16-19H,1,14-15H2,2-6H3,(H,30,31)(H,32,36);7-14,17-18H,1,15-16H2,2-6H3,(H,30,36)(H,29,31,32);7-11,14-18H,1,12-13H2,2-6H3,(H,32,36)(H,29,30,31);7-12,15-17H,1,13-14H2,2-6H3,(H,30,36)(H,28,31,32). The van der Waals surface area contributed by atoms with Crippen LogP contribution in [-0.4, -0.2) is 267 Å². The van der Waals surface area contributed by atoms with Crippen LogP contribution in [0.4, 0.5) is 91.8 Å². The highest BCUT2D eigenvalue weighted by atomic mass is 16.5. The summed E-state index contributed by atoms with van der Waals surface area (Å²) in [5.41, 5.74) is 20.4. The SMILES string of the molecule is C=CC(=O)Nc1cc(Nc2cc(-c3cn(C)c4ccccc34)ccn2)c(OC)cc1N(C)CCN(C)C.C=CC(=O)Nc1cc(Nc2cc(-c3cn(C)c4ccccc34)ncn2)c(OC)cc1N(C)CCN(C)C.C=CC(=O)Nc1cc(Nc2nccc(-c3cccc4c3ccn4C)n2)c(OC)cc1N(C)CCN(C)C.C=CC(=O)Nc1cc(Nc2nccc(-c3cccc4c3cnn4C)n2)c(OC)cc1N(C)CCN(C)C. The number of carbonyl (C=O) groups excluding carboxylic acids is 4. The van der Waals surface area contributed by atoms with E-state index in [1.165, 1.54) is 41.5 Å². The van der Waals surface area contributed by atoms with Crippen LogP contribution in [0.3, 0.4) is 0 Å². The Morgan fingerprint density at radius 1 is 0.331 bits per heavy atom. The Balaban J connectivity index is 0.000000165. The fraction of sp³-hybridized carbons (Fsp3) is 0.250. The summed E-state index contributed by atoms with van der Waals surface area (Å²) in [7, 11) is 38.6. The van der Waals surface area contributed by atoms with Crippen LogP contribution in [0.25, 0.3) is 88.5 Å². The molecule has 16 aromatic rings. The predicted molar refractivity (Wildman–Crippen MR) is 603 cm³/mol. The fourth-order valence-electron chi connectivity index (χ4n) is 16.6. The number of pyridine rings is 1. The van der Waals surface area contributed by atoms with Crippen LogP contribution in [0.2, 0.25) is 0 Å². The highest BCUT2D eigenvalue weighted by molar-refractivity contribution is 6.07. The molecule has 36 nitrogen and oxygen atoms in total. The van der Waals surface area contributed by atoms with Gasteiger partial charge in [-0.3, -0.25) is 23.9 Å². The molecule has 8 N–H and O–H groups in total. The zero-order chi connectivity index (χ0) is 106. The third kappa shape index (κ3) is 26.9. The highest BCUT2D eigenvalue weighted by Gasteiger charge is 2.25. The van der Waals surface area contributed by atoms with Gasteiger partial charge in [0.25, 0.3) is 0 Å². The number of nitrogens with zero attached hydrogens (tertiary/aromatic N) is 20. The molecule has 0 fully saturated rings. The summed E-state index contributed by atoms with van der Waals surface area (Å²) in [5, 5.41) is 33.8. The molecule has 0 radical (unpaired) electrons. The number of ether oxygens (including phenoxy) is 4. The number of nitrogens with one attached hydrogen (secondary N) is 8. The molecule has 0 bridgehead atoms. The highest BCUT2D eigenvalue weighted by Crippen LogP contribution is 2.45. The van der Waals surface area contributed by atoms with Gasteiger partial charge in [0, 0.05) is 237 Å². The molecule has 16 rings (SSSR count). The lowest BCUT2D eigenvalue weighted by Crippen LogP contribution is -2.29. The van der Waals surface area contributed by atoms with Crippen molar-refractivity contribution in [2.75, 3.05) is 228 Å². The molecule has 0 atom stereocenters. The van der Waals surface area contributed by atoms with E-state index in [0.717, 1.165) is 153 Å². The first-order chi connectivity index (χ1) is 71.2. The van der Waals surface area contributed by atoms with Crippen molar-refractivity contribution in [1.82, 2.24) is 78.0 Å². The van der Waals surface area contributed by atoms with Crippen molar-refractivity contribution in [2.45, 2.75) is 0 Å². The van der Waals surface area contributed by atoms with Crippen molar-refractivity contribution in [3.05, 3.63) is 270 Å². The maximum absolute atomic E-state index is 12.2. The van der Waals surface area contributed by atoms with Gasteiger partial charge < -0.3 is 114 Å². The van der Waals surface area contributed by atoms with E-state index in [9.17, 15) is 19.2 Å². The number of anilines is 16. The molecule has 0 aliphatic carbocycles. The number of likely N-dealkylation sites (N-methyl/N-ethyl adjacent to an activating group) is 8. The second kappa shape index (κ2) is 50.2. The quantitative estimate of drug-likeness (QED) is 0.0165. The van der Waals surface area contributed by atoms with Gasteiger partial charge in [-0.25, -0.2) is 34.9 Å². The summed E-state index contributed by atoms with van der Waals surface area (Å²) in [6, 6.07) is 55.5. The van der Waals surface area contributed by atoms with Gasteiger partial charge in [0.1, 0.15) is 41.0 Å². The third-order valence-corrected chi connectivity index (χ3v) is 24.6. The fourth-order valence-corrected chi connectivity index (χ4v) is 16.6. The molecule has 8 aromatic carbocycles. The van der Waals surface area contributed by atoms with E-state index in [2.05, 4.69) is 207 Å². The molecular weight excluding hydrogens is 1870 g/mol. The number of benzene rings is 8. The van der Waals surface area contributed by atoms with Crippen molar-refractivity contribution in [2.24, 2.45) is 28.2 Å². The second-order valence-electron chi connectivity index (χ2n) is 36.2. The molecule has 768 valence electrons. The number of fused-ring (bicyclic) bond motifs is 4. The van der Waals surface area contributed by atoms with Gasteiger partial charge in [0.15, 0.2) is 0 Å². The number of methoxy groups -OCH3 is 4. The monoisotopic (exact) mass is 2000 g/mol. The number of amides is 4. The average Bonchev–Trinajstić information content (AvgIpc) is 1.64. The number of aryl methyl sites for hydroxylation is 4. The van der Waals surface area contributed by atoms with Crippen molar-refractivity contribution in [3.8, 4) is 67.9 Å². The van der Waals surface area contributed by atoms with Crippen molar-refractivity contribution in [1.29, 1.82) is 0 Å². The molecule has 36 heteroatoms. The molecule has 8 aromatic heterocycles. The van der Waals surface area contributed by atoms with Crippen LogP contribution < -0.4 is 81.1 Å². The number of hydrogen-bond donors (Lipinski definition) is 8. The Morgan fingerprint density at radius 2 is 0.682 bits per heavy atom. The zero-order valence-electron chi connectivity index (χ0n) is 87.8. The minimum atomic E-state index is -0.304. The third-order valence-electron chi connectivity index (χ3n) is 24.6. The Hall–Kier alpha value is -17.5. The summed E-state index contributed by atoms with van der Waals surface area (Å²) >= 11 is 0. The molecule has 148 heavy (non-hydrogen) atoms. The van der Waals surface area contributed by atoms with Gasteiger partial charge in [-0.15, -0.1) is 0 Å². The number of rotatable bonds is 40. The van der Waals surface area contributed by atoms with E-state index < -0.39 is 0 Å². The Morgan fingerprint density at radius 3 is 1.09 bits per heavy atom. The number of carbonyl (C=O) groups is 4. The van der Waals surface area contributed by atoms with Crippen LogP contribution in [0, 0.1) is 0 Å².